The molecule has 3 atom stereocenters. The van der Waals surface area contributed by atoms with Gasteiger partial charge < -0.3 is 10.2 Å². The van der Waals surface area contributed by atoms with E-state index in [2.05, 4.69) is 22.2 Å². The monoisotopic (exact) mass is 293 g/mol. The summed E-state index contributed by atoms with van der Waals surface area (Å²) in [4.78, 5) is 17.3. The van der Waals surface area contributed by atoms with Crippen molar-refractivity contribution in [3.05, 3.63) is 0 Å². The molecule has 1 saturated carbocycles. The van der Waals surface area contributed by atoms with Crippen LogP contribution in [0.25, 0.3) is 0 Å². The molecule has 4 nitrogen and oxygen atoms in total. The van der Waals surface area contributed by atoms with Crippen molar-refractivity contribution in [2.45, 2.75) is 63.5 Å². The molecule has 0 bridgehead atoms. The fourth-order valence-corrected chi connectivity index (χ4v) is 4.58. The second kappa shape index (κ2) is 7.10. The summed E-state index contributed by atoms with van der Waals surface area (Å²) in [5, 5.41) is 3.45. The molecule has 2 saturated heterocycles. The number of piperidine rings is 2. The Bertz CT molecular complexity index is 352. The highest BCUT2D eigenvalue weighted by atomic mass is 16.2. The van der Waals surface area contributed by atoms with Gasteiger partial charge in [0.25, 0.3) is 0 Å². The average molecular weight is 293 g/mol. The molecule has 0 radical (unpaired) electrons. The molecule has 1 amide bonds. The van der Waals surface area contributed by atoms with Gasteiger partial charge in [-0.1, -0.05) is 12.8 Å². The number of carbonyl (C=O) groups excluding carboxylic acids is 1. The molecule has 3 aliphatic rings. The van der Waals surface area contributed by atoms with E-state index in [9.17, 15) is 4.79 Å². The smallest absolute Gasteiger partial charge is 0.237 e. The van der Waals surface area contributed by atoms with E-state index < -0.39 is 0 Å². The Morgan fingerprint density at radius 2 is 1.95 bits per heavy atom. The third-order valence-electron chi connectivity index (χ3n) is 5.84. The zero-order valence-corrected chi connectivity index (χ0v) is 13.5. The van der Waals surface area contributed by atoms with E-state index in [-0.39, 0.29) is 0 Å². The second-order valence-corrected chi connectivity index (χ2v) is 7.26. The van der Waals surface area contributed by atoms with Gasteiger partial charge in [-0.25, -0.2) is 0 Å². The summed E-state index contributed by atoms with van der Waals surface area (Å²) in [6.07, 6.45) is 10.3. The Morgan fingerprint density at radius 1 is 1.14 bits per heavy atom. The van der Waals surface area contributed by atoms with E-state index in [0.717, 1.165) is 25.6 Å². The highest BCUT2D eigenvalue weighted by molar-refractivity contribution is 5.78. The molecule has 0 aromatic carbocycles. The van der Waals surface area contributed by atoms with Gasteiger partial charge in [0.15, 0.2) is 0 Å². The van der Waals surface area contributed by atoms with Crippen LogP contribution in [0.1, 0.15) is 51.4 Å². The van der Waals surface area contributed by atoms with Crippen LogP contribution in [0, 0.1) is 5.92 Å². The number of amides is 1. The predicted molar refractivity (Wildman–Crippen MR) is 85.2 cm³/mol. The van der Waals surface area contributed by atoms with Crippen LogP contribution in [0.5, 0.6) is 0 Å². The molecule has 0 aromatic rings. The van der Waals surface area contributed by atoms with Gasteiger partial charge in [-0.2, -0.15) is 0 Å². The third-order valence-corrected chi connectivity index (χ3v) is 5.84. The van der Waals surface area contributed by atoms with Crippen LogP contribution < -0.4 is 5.32 Å². The van der Waals surface area contributed by atoms with Gasteiger partial charge in [-0.05, 0) is 58.0 Å². The van der Waals surface area contributed by atoms with Crippen molar-refractivity contribution in [3.63, 3.8) is 0 Å². The zero-order chi connectivity index (χ0) is 14.7. The van der Waals surface area contributed by atoms with Crippen LogP contribution in [0.2, 0.25) is 0 Å². The minimum absolute atomic E-state index is 0.375. The number of fused-ring (bicyclic) bond motifs is 1. The van der Waals surface area contributed by atoms with E-state index in [4.69, 9.17) is 0 Å². The number of hydrogen-bond acceptors (Lipinski definition) is 3. The first kappa shape index (κ1) is 15.3. The summed E-state index contributed by atoms with van der Waals surface area (Å²) in [5.41, 5.74) is 0. The molecule has 2 aliphatic heterocycles. The minimum Gasteiger partial charge on any atom is -0.338 e. The quantitative estimate of drug-likeness (QED) is 0.862. The maximum absolute atomic E-state index is 12.8. The van der Waals surface area contributed by atoms with Gasteiger partial charge in [-0.3, -0.25) is 9.69 Å². The van der Waals surface area contributed by atoms with Crippen molar-refractivity contribution >= 4 is 5.91 Å². The average Bonchev–Trinajstić information content (AvgIpc) is 2.55. The molecule has 0 spiro atoms. The van der Waals surface area contributed by atoms with Crippen LogP contribution in [-0.4, -0.2) is 61.0 Å². The van der Waals surface area contributed by atoms with Gasteiger partial charge >= 0.3 is 0 Å². The highest BCUT2D eigenvalue weighted by Crippen LogP contribution is 2.35. The first-order chi connectivity index (χ1) is 10.3. The molecule has 1 aliphatic carbocycles. The topological polar surface area (TPSA) is 35.6 Å². The van der Waals surface area contributed by atoms with Crippen molar-refractivity contribution in [3.8, 4) is 0 Å². The summed E-state index contributed by atoms with van der Waals surface area (Å²) in [6, 6.07) is 1.09. The van der Waals surface area contributed by atoms with Crippen LogP contribution in [0.3, 0.4) is 0 Å². The molecule has 3 fully saturated rings. The maximum Gasteiger partial charge on any atom is 0.237 e. The summed E-state index contributed by atoms with van der Waals surface area (Å²) in [6.45, 7) is 3.77. The molecular formula is C17H31N3O. The van der Waals surface area contributed by atoms with Crippen LogP contribution in [0.15, 0.2) is 0 Å². The van der Waals surface area contributed by atoms with Crippen LogP contribution in [0.4, 0.5) is 0 Å². The highest BCUT2D eigenvalue weighted by Gasteiger charge is 2.36. The lowest BCUT2D eigenvalue weighted by atomic mass is 9.78. The number of rotatable bonds is 3. The van der Waals surface area contributed by atoms with Crippen LogP contribution in [-0.2, 0) is 4.79 Å². The lowest BCUT2D eigenvalue weighted by Gasteiger charge is -2.45. The van der Waals surface area contributed by atoms with E-state index in [1.807, 2.05) is 0 Å². The molecule has 21 heavy (non-hydrogen) atoms. The van der Waals surface area contributed by atoms with Crippen LogP contribution >= 0.6 is 0 Å². The number of carbonyl (C=O) groups is 1. The normalized spacial score (nSPS) is 33.8. The van der Waals surface area contributed by atoms with Crippen molar-refractivity contribution in [1.82, 2.24) is 15.1 Å². The Labute approximate surface area is 129 Å². The van der Waals surface area contributed by atoms with Gasteiger partial charge in [-0.15, -0.1) is 0 Å². The SMILES string of the molecule is CN(CC(=O)N1CCCC2CCCCC21)C1CCCNC1. The molecule has 3 unspecified atom stereocenters. The van der Waals surface area contributed by atoms with Crippen molar-refractivity contribution < 1.29 is 4.79 Å². The molecule has 2 heterocycles. The largest absolute Gasteiger partial charge is 0.338 e. The van der Waals surface area contributed by atoms with Gasteiger partial charge in [0, 0.05) is 25.2 Å². The zero-order valence-electron chi connectivity index (χ0n) is 13.5. The summed E-state index contributed by atoms with van der Waals surface area (Å²) in [7, 11) is 2.12. The van der Waals surface area contributed by atoms with E-state index in [1.165, 1.54) is 51.4 Å². The van der Waals surface area contributed by atoms with Crippen molar-refractivity contribution in [1.29, 1.82) is 0 Å². The number of nitrogens with one attached hydrogen (secondary N) is 1. The first-order valence-electron chi connectivity index (χ1n) is 8.96. The predicted octanol–water partition coefficient (Wildman–Crippen LogP) is 1.85. The molecule has 1 N–H and O–H groups in total. The van der Waals surface area contributed by atoms with Gasteiger partial charge in [0.2, 0.25) is 5.91 Å². The van der Waals surface area contributed by atoms with Gasteiger partial charge in [0.05, 0.1) is 6.54 Å². The fraction of sp³-hybridized carbons (Fsp3) is 0.941. The van der Waals surface area contributed by atoms with Crippen molar-refractivity contribution in [2.24, 2.45) is 5.92 Å². The minimum atomic E-state index is 0.375. The third kappa shape index (κ3) is 3.59. The lowest BCUT2D eigenvalue weighted by molar-refractivity contribution is -0.139. The number of likely N-dealkylation sites (N-methyl/N-ethyl adjacent to an activating group) is 1. The molecule has 4 heteroatoms. The molecule has 3 rings (SSSR count). The molecule has 0 aromatic heterocycles. The van der Waals surface area contributed by atoms with E-state index >= 15 is 0 Å². The number of hydrogen-bond donors (Lipinski definition) is 1. The number of nitrogens with zero attached hydrogens (tertiary/aromatic N) is 2. The summed E-state index contributed by atoms with van der Waals surface area (Å²) >= 11 is 0. The molecule has 120 valence electrons. The van der Waals surface area contributed by atoms with Crippen molar-refractivity contribution in [2.75, 3.05) is 33.2 Å². The van der Waals surface area contributed by atoms with E-state index in [1.54, 1.807) is 0 Å². The first-order valence-corrected chi connectivity index (χ1v) is 8.96. The fourth-order valence-electron chi connectivity index (χ4n) is 4.58. The van der Waals surface area contributed by atoms with E-state index in [0.29, 0.717) is 24.5 Å². The molecular weight excluding hydrogens is 262 g/mol. The number of likely N-dealkylation sites (tertiary alicyclic amines) is 1. The lowest BCUT2D eigenvalue weighted by Crippen LogP contribution is -2.54. The Kier molecular flexibility index (Phi) is 5.17. The summed E-state index contributed by atoms with van der Waals surface area (Å²) < 4.78 is 0. The summed E-state index contributed by atoms with van der Waals surface area (Å²) in [5.74, 6) is 1.16. The standard InChI is InChI=1S/C17H31N3O/c1-19(15-8-4-10-18-12-15)13-17(21)20-11-5-7-14-6-2-3-9-16(14)20/h14-16,18H,2-13H2,1H3. The Balaban J connectivity index is 1.56. The van der Waals surface area contributed by atoms with Gasteiger partial charge in [0.1, 0.15) is 0 Å². The Morgan fingerprint density at radius 3 is 2.76 bits per heavy atom. The Hall–Kier alpha value is -0.610. The second-order valence-electron chi connectivity index (χ2n) is 7.26. The maximum atomic E-state index is 12.8.